The van der Waals surface area contributed by atoms with Gasteiger partial charge in [-0.15, -0.1) is 0 Å². The van der Waals surface area contributed by atoms with Gasteiger partial charge < -0.3 is 9.16 Å². The summed E-state index contributed by atoms with van der Waals surface area (Å²) in [5.41, 5.74) is 1.47. The zero-order chi connectivity index (χ0) is 20.9. The van der Waals surface area contributed by atoms with Crippen molar-refractivity contribution >= 4 is 14.3 Å². The summed E-state index contributed by atoms with van der Waals surface area (Å²) in [5, 5.41) is 0.188. The molecule has 1 aliphatic rings. The van der Waals surface area contributed by atoms with Crippen molar-refractivity contribution in [3.8, 4) is 0 Å². The summed E-state index contributed by atoms with van der Waals surface area (Å²) in [5.74, 6) is 0.0960. The molecule has 0 saturated heterocycles. The van der Waals surface area contributed by atoms with E-state index < -0.39 is 8.32 Å². The normalized spacial score (nSPS) is 27.5. The first-order chi connectivity index (χ1) is 12.3. The third-order valence-corrected chi connectivity index (χ3v) is 11.3. The molecule has 0 bridgehead atoms. The molecule has 0 aliphatic heterocycles. The Balaban J connectivity index is 3.08. The standard InChI is InChI=1S/C23H44O3Si/c1-10-12-14-23(7)15-13-19(18(3)16-21(24)25-11-2)20(17-23)26-27(8,9)22(4,5)6/h16,19-20H,10-15,17H2,1-9H3. The van der Waals surface area contributed by atoms with E-state index >= 15 is 0 Å². The van der Waals surface area contributed by atoms with Gasteiger partial charge in [0.1, 0.15) is 0 Å². The lowest BCUT2D eigenvalue weighted by atomic mass is 9.66. The fraction of sp³-hybridized carbons (Fsp3) is 0.870. The largest absolute Gasteiger partial charge is 0.463 e. The van der Waals surface area contributed by atoms with Gasteiger partial charge in [0.15, 0.2) is 8.32 Å². The van der Waals surface area contributed by atoms with Crippen molar-refractivity contribution < 1.29 is 14.0 Å². The lowest BCUT2D eigenvalue weighted by Crippen LogP contribution is -2.49. The highest BCUT2D eigenvalue weighted by Gasteiger charge is 2.45. The monoisotopic (exact) mass is 396 g/mol. The number of carbonyl (C=O) groups is 1. The van der Waals surface area contributed by atoms with Crippen LogP contribution in [-0.2, 0) is 14.0 Å². The van der Waals surface area contributed by atoms with E-state index in [0.717, 1.165) is 18.4 Å². The van der Waals surface area contributed by atoms with Crippen molar-refractivity contribution in [1.29, 1.82) is 0 Å². The van der Waals surface area contributed by atoms with Gasteiger partial charge in [0.05, 0.1) is 12.7 Å². The molecule has 27 heavy (non-hydrogen) atoms. The van der Waals surface area contributed by atoms with E-state index in [4.69, 9.17) is 9.16 Å². The summed E-state index contributed by atoms with van der Waals surface area (Å²) >= 11 is 0. The van der Waals surface area contributed by atoms with Crippen molar-refractivity contribution in [1.82, 2.24) is 0 Å². The summed E-state index contributed by atoms with van der Waals surface area (Å²) in [7, 11) is -1.87. The first-order valence-corrected chi connectivity index (χ1v) is 13.8. The highest BCUT2D eigenvalue weighted by molar-refractivity contribution is 6.74. The molecule has 3 atom stereocenters. The second kappa shape index (κ2) is 9.73. The van der Waals surface area contributed by atoms with Gasteiger partial charge in [-0.1, -0.05) is 53.0 Å². The van der Waals surface area contributed by atoms with Gasteiger partial charge in [0.25, 0.3) is 0 Å². The first-order valence-electron chi connectivity index (χ1n) is 10.9. The second-order valence-electron chi connectivity index (χ2n) is 10.3. The summed E-state index contributed by atoms with van der Waals surface area (Å²) in [6.07, 6.45) is 9.11. The van der Waals surface area contributed by atoms with E-state index in [0.29, 0.717) is 17.9 Å². The molecule has 0 radical (unpaired) electrons. The maximum atomic E-state index is 12.0. The summed E-state index contributed by atoms with van der Waals surface area (Å²) in [6, 6.07) is 0. The molecule has 3 nitrogen and oxygen atoms in total. The van der Waals surface area contributed by atoms with E-state index in [2.05, 4.69) is 54.6 Å². The Bertz CT molecular complexity index is 518. The van der Waals surface area contributed by atoms with Crippen LogP contribution in [0.3, 0.4) is 0 Å². The van der Waals surface area contributed by atoms with Crippen molar-refractivity contribution in [2.24, 2.45) is 11.3 Å². The molecule has 1 saturated carbocycles. The Labute approximate surface area is 169 Å². The molecule has 0 aromatic rings. The lowest BCUT2D eigenvalue weighted by Gasteiger charge is -2.48. The Kier molecular flexibility index (Phi) is 8.80. The molecule has 4 heteroatoms. The van der Waals surface area contributed by atoms with Gasteiger partial charge in [-0.3, -0.25) is 0 Å². The Morgan fingerprint density at radius 1 is 1.26 bits per heavy atom. The maximum Gasteiger partial charge on any atom is 0.330 e. The van der Waals surface area contributed by atoms with Crippen LogP contribution in [0.2, 0.25) is 18.1 Å². The minimum atomic E-state index is -1.87. The molecular formula is C23H44O3Si. The highest BCUT2D eigenvalue weighted by Crippen LogP contribution is 2.48. The fourth-order valence-corrected chi connectivity index (χ4v) is 5.29. The molecule has 0 spiro atoms. The molecule has 0 heterocycles. The maximum absolute atomic E-state index is 12.0. The number of carbonyl (C=O) groups excluding carboxylic acids is 1. The van der Waals surface area contributed by atoms with Gasteiger partial charge in [-0.2, -0.15) is 0 Å². The van der Waals surface area contributed by atoms with Crippen molar-refractivity contribution in [2.45, 2.75) is 111 Å². The number of unbranched alkanes of at least 4 members (excludes halogenated alkanes) is 1. The third kappa shape index (κ3) is 7.05. The SMILES string of the molecule is CCCCC1(C)CCC(C(C)=CC(=O)OCC)C(O[Si](C)(C)C(C)(C)C)C1. The molecule has 1 rings (SSSR count). The van der Waals surface area contributed by atoms with Crippen LogP contribution in [0.25, 0.3) is 0 Å². The average Bonchev–Trinajstić information content (AvgIpc) is 2.51. The highest BCUT2D eigenvalue weighted by atomic mass is 28.4. The zero-order valence-corrected chi connectivity index (χ0v) is 20.4. The number of esters is 1. The summed E-state index contributed by atoms with van der Waals surface area (Å²) < 4.78 is 12.1. The molecule has 0 amide bonds. The Hall–Kier alpha value is -0.613. The van der Waals surface area contributed by atoms with Gasteiger partial charge in [-0.05, 0) is 63.1 Å². The quantitative estimate of drug-likeness (QED) is 0.255. The number of ether oxygens (including phenoxy) is 1. The molecule has 0 aromatic carbocycles. The van der Waals surface area contributed by atoms with E-state index in [1.54, 1.807) is 6.08 Å². The van der Waals surface area contributed by atoms with Gasteiger partial charge in [0, 0.05) is 12.0 Å². The van der Waals surface area contributed by atoms with Crippen LogP contribution in [0.4, 0.5) is 0 Å². The van der Waals surface area contributed by atoms with Crippen molar-refractivity contribution in [3.63, 3.8) is 0 Å². The van der Waals surface area contributed by atoms with Gasteiger partial charge >= 0.3 is 5.97 Å². The van der Waals surface area contributed by atoms with E-state index in [1.165, 1.54) is 25.7 Å². The summed E-state index contributed by atoms with van der Waals surface area (Å²) in [6.45, 7) is 20.6. The lowest BCUT2D eigenvalue weighted by molar-refractivity contribution is -0.137. The predicted octanol–water partition coefficient (Wildman–Crippen LogP) is 6.88. The number of hydrogen-bond donors (Lipinski definition) is 0. The summed E-state index contributed by atoms with van der Waals surface area (Å²) in [4.78, 5) is 12.0. The second-order valence-corrected chi connectivity index (χ2v) is 15.1. The van der Waals surface area contributed by atoms with Gasteiger partial charge in [0.2, 0.25) is 0 Å². The Morgan fingerprint density at radius 2 is 1.89 bits per heavy atom. The third-order valence-electron chi connectivity index (χ3n) is 6.80. The molecule has 158 valence electrons. The topological polar surface area (TPSA) is 35.5 Å². The smallest absolute Gasteiger partial charge is 0.330 e. The van der Waals surface area contributed by atoms with Crippen LogP contribution in [0.15, 0.2) is 11.6 Å². The molecule has 1 fully saturated rings. The zero-order valence-electron chi connectivity index (χ0n) is 19.4. The molecular weight excluding hydrogens is 352 g/mol. The van der Waals surface area contributed by atoms with Crippen LogP contribution < -0.4 is 0 Å². The van der Waals surface area contributed by atoms with E-state index in [1.807, 2.05) is 6.92 Å². The van der Waals surface area contributed by atoms with Crippen molar-refractivity contribution in [3.05, 3.63) is 11.6 Å². The van der Waals surface area contributed by atoms with E-state index in [-0.39, 0.29) is 17.1 Å². The van der Waals surface area contributed by atoms with Gasteiger partial charge in [-0.25, -0.2) is 4.79 Å². The number of hydrogen-bond acceptors (Lipinski definition) is 3. The van der Waals surface area contributed by atoms with Crippen LogP contribution in [0.5, 0.6) is 0 Å². The van der Waals surface area contributed by atoms with Crippen LogP contribution in [-0.4, -0.2) is 27.0 Å². The molecule has 3 unspecified atom stereocenters. The molecule has 0 N–H and O–H groups in total. The fourth-order valence-electron chi connectivity index (χ4n) is 3.93. The van der Waals surface area contributed by atoms with Crippen molar-refractivity contribution in [2.75, 3.05) is 6.61 Å². The first kappa shape index (κ1) is 24.4. The average molecular weight is 397 g/mol. The minimum absolute atomic E-state index is 0.188. The molecule has 1 aliphatic carbocycles. The Morgan fingerprint density at radius 3 is 2.41 bits per heavy atom. The van der Waals surface area contributed by atoms with Crippen LogP contribution >= 0.6 is 0 Å². The predicted molar refractivity (Wildman–Crippen MR) is 117 cm³/mol. The van der Waals surface area contributed by atoms with E-state index in [9.17, 15) is 4.79 Å². The van der Waals surface area contributed by atoms with Crippen LogP contribution in [0, 0.1) is 11.3 Å². The minimum Gasteiger partial charge on any atom is -0.463 e. The molecule has 0 aromatic heterocycles. The van der Waals surface area contributed by atoms with Crippen LogP contribution in [0.1, 0.15) is 87.0 Å². The number of rotatable bonds is 8.